The number of carbonyl (C=O) groups is 1. The molecule has 1 unspecified atom stereocenters. The molecule has 1 amide bonds. The highest BCUT2D eigenvalue weighted by Crippen LogP contribution is 2.35. The zero-order chi connectivity index (χ0) is 18.9. The highest BCUT2D eigenvalue weighted by Gasteiger charge is 2.28. The van der Waals surface area contributed by atoms with Crippen molar-refractivity contribution in [2.24, 2.45) is 0 Å². The van der Waals surface area contributed by atoms with Gasteiger partial charge in [0.25, 0.3) is 0 Å². The molecule has 0 fully saturated rings. The van der Waals surface area contributed by atoms with Gasteiger partial charge in [-0.05, 0) is 36.2 Å². The van der Waals surface area contributed by atoms with Crippen molar-refractivity contribution in [3.8, 4) is 16.2 Å². The summed E-state index contributed by atoms with van der Waals surface area (Å²) in [5, 5.41) is 12.6. The number of hydrogen-bond acceptors (Lipinski definition) is 6. The van der Waals surface area contributed by atoms with Crippen LogP contribution in [0.2, 0.25) is 0 Å². The summed E-state index contributed by atoms with van der Waals surface area (Å²) in [7, 11) is 0. The number of nitrogens with zero attached hydrogens (tertiary/aromatic N) is 3. The first-order valence-electron chi connectivity index (χ1n) is 8.98. The van der Waals surface area contributed by atoms with E-state index in [0.717, 1.165) is 32.7 Å². The number of carbonyl (C=O) groups excluding carboxylic acids is 1. The van der Waals surface area contributed by atoms with Crippen LogP contribution in [0.1, 0.15) is 17.9 Å². The van der Waals surface area contributed by atoms with Crippen LogP contribution in [0.3, 0.4) is 0 Å². The van der Waals surface area contributed by atoms with E-state index in [1.165, 1.54) is 11.3 Å². The van der Waals surface area contributed by atoms with Crippen LogP contribution in [0, 0.1) is 0 Å². The fourth-order valence-corrected chi connectivity index (χ4v) is 4.23. The second-order valence-corrected chi connectivity index (χ2v) is 7.58. The second-order valence-electron chi connectivity index (χ2n) is 6.55. The van der Waals surface area contributed by atoms with E-state index in [2.05, 4.69) is 26.6 Å². The van der Waals surface area contributed by atoms with Crippen LogP contribution in [0.25, 0.3) is 21.3 Å². The number of rotatable bonds is 3. The Bertz CT molecular complexity index is 1170. The number of ether oxygens (including phenoxy) is 1. The molecule has 1 atom stereocenters. The fourth-order valence-electron chi connectivity index (χ4n) is 3.41. The lowest BCUT2D eigenvalue weighted by molar-refractivity contribution is -0.118. The minimum Gasteiger partial charge on any atom is -0.493 e. The van der Waals surface area contributed by atoms with Crippen LogP contribution in [0.15, 0.2) is 60.9 Å². The van der Waals surface area contributed by atoms with Gasteiger partial charge in [-0.15, -0.1) is 0 Å². The van der Waals surface area contributed by atoms with Gasteiger partial charge < -0.3 is 10.1 Å². The molecule has 2 aromatic carbocycles. The average molecular weight is 388 g/mol. The molecule has 0 bridgehead atoms. The standard InChI is InChI=1S/C21H16N4O2S/c26-20(16-8-10-27-18-4-2-1-3-15(16)18)24-21-22-12-19(28-21)14-5-6-17-13(11-14)7-9-23-25-17/h1-7,9,11-12,16H,8,10H2,(H,22,24,26). The third-order valence-electron chi connectivity index (χ3n) is 4.81. The number of para-hydroxylation sites is 1. The Morgan fingerprint density at radius 1 is 1.18 bits per heavy atom. The number of anilines is 1. The number of hydrogen-bond donors (Lipinski definition) is 1. The van der Waals surface area contributed by atoms with E-state index >= 15 is 0 Å². The zero-order valence-electron chi connectivity index (χ0n) is 14.8. The smallest absolute Gasteiger partial charge is 0.233 e. The first kappa shape index (κ1) is 16.8. The minimum absolute atomic E-state index is 0.0505. The van der Waals surface area contributed by atoms with Gasteiger partial charge in [0.05, 0.1) is 29.1 Å². The molecule has 0 saturated heterocycles. The lowest BCUT2D eigenvalue weighted by Crippen LogP contribution is -2.26. The second kappa shape index (κ2) is 7.01. The predicted octanol–water partition coefficient (Wildman–Crippen LogP) is 4.26. The molecular formula is C21H16N4O2S. The fraction of sp³-hybridized carbons (Fsp3) is 0.143. The number of aromatic nitrogens is 3. The third kappa shape index (κ3) is 3.10. The Morgan fingerprint density at radius 2 is 2.11 bits per heavy atom. The molecule has 4 aromatic rings. The van der Waals surface area contributed by atoms with Crippen molar-refractivity contribution >= 4 is 33.3 Å². The summed E-state index contributed by atoms with van der Waals surface area (Å²) in [5.74, 6) is 0.509. The number of fused-ring (bicyclic) bond motifs is 2. The summed E-state index contributed by atoms with van der Waals surface area (Å²) in [4.78, 5) is 18.2. The van der Waals surface area contributed by atoms with Crippen molar-refractivity contribution in [1.29, 1.82) is 0 Å². The molecule has 1 aliphatic rings. The number of amides is 1. The maximum Gasteiger partial charge on any atom is 0.233 e. The molecular weight excluding hydrogens is 372 g/mol. The summed E-state index contributed by atoms with van der Waals surface area (Å²) in [6, 6.07) is 15.6. The molecule has 0 spiro atoms. The van der Waals surface area contributed by atoms with Crippen LogP contribution >= 0.6 is 11.3 Å². The quantitative estimate of drug-likeness (QED) is 0.567. The molecule has 0 saturated carbocycles. The van der Waals surface area contributed by atoms with Gasteiger partial charge in [-0.25, -0.2) is 4.98 Å². The van der Waals surface area contributed by atoms with Gasteiger partial charge in [0, 0.05) is 17.1 Å². The maximum atomic E-state index is 12.8. The van der Waals surface area contributed by atoms with Crippen LogP contribution in [-0.4, -0.2) is 27.7 Å². The van der Waals surface area contributed by atoms with Crippen molar-refractivity contribution in [2.45, 2.75) is 12.3 Å². The van der Waals surface area contributed by atoms with Crippen LogP contribution in [0.5, 0.6) is 5.75 Å². The minimum atomic E-state index is -0.225. The number of thiazole rings is 1. The van der Waals surface area contributed by atoms with E-state index in [-0.39, 0.29) is 11.8 Å². The van der Waals surface area contributed by atoms with E-state index < -0.39 is 0 Å². The van der Waals surface area contributed by atoms with E-state index in [4.69, 9.17) is 4.74 Å². The molecule has 0 aliphatic carbocycles. The molecule has 3 heterocycles. The van der Waals surface area contributed by atoms with Crippen LogP contribution in [0.4, 0.5) is 5.13 Å². The van der Waals surface area contributed by atoms with Gasteiger partial charge in [0.2, 0.25) is 5.91 Å². The van der Waals surface area contributed by atoms with Gasteiger partial charge >= 0.3 is 0 Å². The van der Waals surface area contributed by atoms with E-state index in [0.29, 0.717) is 18.2 Å². The van der Waals surface area contributed by atoms with Crippen molar-refractivity contribution in [3.63, 3.8) is 0 Å². The Labute approximate surface area is 165 Å². The largest absolute Gasteiger partial charge is 0.493 e. The Hall–Kier alpha value is -3.32. The summed E-state index contributed by atoms with van der Waals surface area (Å²) in [6.45, 7) is 0.540. The molecule has 28 heavy (non-hydrogen) atoms. The average Bonchev–Trinajstić information content (AvgIpc) is 3.21. The van der Waals surface area contributed by atoms with Crippen molar-refractivity contribution in [1.82, 2.24) is 15.2 Å². The maximum absolute atomic E-state index is 12.8. The van der Waals surface area contributed by atoms with Crippen molar-refractivity contribution in [3.05, 3.63) is 66.5 Å². The normalized spacial score (nSPS) is 15.6. The lowest BCUT2D eigenvalue weighted by Gasteiger charge is -2.24. The van der Waals surface area contributed by atoms with E-state index in [1.807, 2.05) is 42.5 Å². The topological polar surface area (TPSA) is 77.0 Å². The molecule has 5 rings (SSSR count). The summed E-state index contributed by atoms with van der Waals surface area (Å²) < 4.78 is 5.65. The number of benzene rings is 2. The van der Waals surface area contributed by atoms with E-state index in [1.54, 1.807) is 12.4 Å². The molecule has 1 N–H and O–H groups in total. The predicted molar refractivity (Wildman–Crippen MR) is 109 cm³/mol. The van der Waals surface area contributed by atoms with Gasteiger partial charge in [0.15, 0.2) is 5.13 Å². The van der Waals surface area contributed by atoms with Gasteiger partial charge in [-0.3, -0.25) is 4.79 Å². The highest BCUT2D eigenvalue weighted by atomic mass is 32.1. The van der Waals surface area contributed by atoms with Gasteiger partial charge in [-0.1, -0.05) is 35.6 Å². The van der Waals surface area contributed by atoms with Crippen LogP contribution < -0.4 is 10.1 Å². The summed E-state index contributed by atoms with van der Waals surface area (Å²) in [5.41, 5.74) is 2.82. The molecule has 1 aliphatic heterocycles. The van der Waals surface area contributed by atoms with Crippen molar-refractivity contribution < 1.29 is 9.53 Å². The van der Waals surface area contributed by atoms with Crippen LogP contribution in [-0.2, 0) is 4.79 Å². The highest BCUT2D eigenvalue weighted by molar-refractivity contribution is 7.19. The SMILES string of the molecule is O=C(Nc1ncc(-c2ccc3nnccc3c2)s1)C1CCOc2ccccc21. The zero-order valence-corrected chi connectivity index (χ0v) is 15.6. The van der Waals surface area contributed by atoms with E-state index in [9.17, 15) is 4.79 Å². The third-order valence-corrected chi connectivity index (χ3v) is 5.77. The lowest BCUT2D eigenvalue weighted by atomic mass is 9.92. The molecule has 0 radical (unpaired) electrons. The Balaban J connectivity index is 1.37. The summed E-state index contributed by atoms with van der Waals surface area (Å²) >= 11 is 1.46. The van der Waals surface area contributed by atoms with Crippen molar-refractivity contribution in [2.75, 3.05) is 11.9 Å². The molecule has 6 nitrogen and oxygen atoms in total. The molecule has 7 heteroatoms. The monoisotopic (exact) mass is 388 g/mol. The Morgan fingerprint density at radius 3 is 3.07 bits per heavy atom. The Kier molecular flexibility index (Phi) is 4.21. The van der Waals surface area contributed by atoms with Gasteiger partial charge in [0.1, 0.15) is 5.75 Å². The first-order chi connectivity index (χ1) is 13.8. The first-order valence-corrected chi connectivity index (χ1v) is 9.80. The summed E-state index contributed by atoms with van der Waals surface area (Å²) in [6.07, 6.45) is 4.12. The molecule has 2 aromatic heterocycles. The molecule has 138 valence electrons. The number of nitrogens with one attached hydrogen (secondary N) is 1. The van der Waals surface area contributed by atoms with Gasteiger partial charge in [-0.2, -0.15) is 10.2 Å².